The number of carbonyl (C=O) groups is 2. The molecule has 1 aliphatic heterocycles. The smallest absolute Gasteiger partial charge is 0.256 e. The molecule has 1 fully saturated rings. The number of hydrogen-bond donors (Lipinski definition) is 1. The molecule has 1 N–H and O–H groups in total. The number of carbonyl (C=O) groups excluding carboxylic acids is 2. The maximum atomic E-state index is 13.2. The van der Waals surface area contributed by atoms with Crippen molar-refractivity contribution in [2.45, 2.75) is 53.2 Å². The summed E-state index contributed by atoms with van der Waals surface area (Å²) in [6.45, 7) is 9.60. The lowest BCUT2D eigenvalue weighted by Gasteiger charge is -2.32. The highest BCUT2D eigenvalue weighted by atomic mass is 16.5. The minimum absolute atomic E-state index is 0.0804. The topological polar surface area (TPSA) is 91.7 Å². The number of rotatable bonds is 9. The second-order valence-electron chi connectivity index (χ2n) is 13.0. The minimum Gasteiger partial charge on any atom is -0.490 e. The van der Waals surface area contributed by atoms with E-state index in [0.717, 1.165) is 68.8 Å². The fourth-order valence-electron chi connectivity index (χ4n) is 6.37. The highest BCUT2D eigenvalue weighted by Crippen LogP contribution is 2.29. The Kier molecular flexibility index (Phi) is 10.3. The van der Waals surface area contributed by atoms with E-state index in [1.807, 2.05) is 118 Å². The number of hydrogen-bond acceptors (Lipinski definition) is 5. The number of piperidine rings is 1. The highest BCUT2D eigenvalue weighted by molar-refractivity contribution is 6.07. The second kappa shape index (κ2) is 15.1. The zero-order valence-electron chi connectivity index (χ0n) is 29.0. The predicted octanol–water partition coefficient (Wildman–Crippen LogP) is 8.97. The molecule has 0 atom stereocenters. The molecule has 7 heteroatoms. The van der Waals surface area contributed by atoms with Crippen molar-refractivity contribution in [2.24, 2.45) is 0 Å². The molecule has 2 amide bonds. The van der Waals surface area contributed by atoms with Crippen molar-refractivity contribution in [1.29, 1.82) is 5.26 Å². The van der Waals surface area contributed by atoms with Gasteiger partial charge in [0.1, 0.15) is 24.2 Å². The van der Waals surface area contributed by atoms with Crippen molar-refractivity contribution >= 4 is 17.5 Å². The summed E-state index contributed by atoms with van der Waals surface area (Å²) < 4.78 is 12.3. The Labute approximate surface area is 294 Å². The third-order valence-corrected chi connectivity index (χ3v) is 9.21. The van der Waals surface area contributed by atoms with Crippen LogP contribution in [0.2, 0.25) is 0 Å². The van der Waals surface area contributed by atoms with Crippen LogP contribution in [0.25, 0.3) is 11.1 Å². The molecule has 0 saturated carbocycles. The Balaban J connectivity index is 0.992. The lowest BCUT2D eigenvalue weighted by Crippen LogP contribution is -2.41. The van der Waals surface area contributed by atoms with Crippen LogP contribution >= 0.6 is 0 Å². The first-order valence-electron chi connectivity index (χ1n) is 16.9. The summed E-state index contributed by atoms with van der Waals surface area (Å²) in [7, 11) is 0. The number of ether oxygens (including phenoxy) is 2. The van der Waals surface area contributed by atoms with E-state index in [1.165, 1.54) is 0 Å². The van der Waals surface area contributed by atoms with Gasteiger partial charge in [0.05, 0.1) is 11.6 Å². The third-order valence-electron chi connectivity index (χ3n) is 9.21. The maximum absolute atomic E-state index is 13.2. The molecule has 0 bridgehead atoms. The lowest BCUT2D eigenvalue weighted by atomic mass is 9.95. The van der Waals surface area contributed by atoms with Gasteiger partial charge in [-0.05, 0) is 116 Å². The van der Waals surface area contributed by atoms with Crippen LogP contribution in [0.3, 0.4) is 0 Å². The summed E-state index contributed by atoms with van der Waals surface area (Å²) in [5.41, 5.74) is 9.48. The summed E-state index contributed by atoms with van der Waals surface area (Å²) in [6, 6.07) is 35.1. The molecular formula is C43H41N3O4. The van der Waals surface area contributed by atoms with Crippen molar-refractivity contribution in [3.05, 3.63) is 148 Å². The van der Waals surface area contributed by atoms with E-state index in [2.05, 4.69) is 11.4 Å². The molecule has 5 aromatic rings. The van der Waals surface area contributed by atoms with Gasteiger partial charge in [-0.15, -0.1) is 0 Å². The number of benzene rings is 5. The van der Waals surface area contributed by atoms with E-state index in [1.54, 1.807) is 18.2 Å². The molecular weight excluding hydrogens is 622 g/mol. The van der Waals surface area contributed by atoms with E-state index < -0.39 is 0 Å². The number of nitrogens with one attached hydrogen (secondary N) is 1. The van der Waals surface area contributed by atoms with Crippen LogP contribution in [0.5, 0.6) is 11.5 Å². The highest BCUT2D eigenvalue weighted by Gasteiger charge is 2.25. The van der Waals surface area contributed by atoms with Gasteiger partial charge in [-0.2, -0.15) is 5.26 Å². The molecule has 1 saturated heterocycles. The summed E-state index contributed by atoms with van der Waals surface area (Å²) in [6.07, 6.45) is 1.68. The number of aryl methyl sites for hydroxylation is 4. The molecule has 1 heterocycles. The van der Waals surface area contributed by atoms with Crippen molar-refractivity contribution in [2.75, 3.05) is 18.4 Å². The average Bonchev–Trinajstić information content (AvgIpc) is 3.12. The van der Waals surface area contributed by atoms with Gasteiger partial charge >= 0.3 is 0 Å². The Bertz CT molecular complexity index is 2010. The van der Waals surface area contributed by atoms with Crippen LogP contribution in [0.15, 0.2) is 103 Å². The van der Waals surface area contributed by atoms with Gasteiger partial charge in [0, 0.05) is 42.7 Å². The summed E-state index contributed by atoms with van der Waals surface area (Å²) >= 11 is 0. The molecule has 0 unspecified atom stereocenters. The Morgan fingerprint density at radius 2 is 1.40 bits per heavy atom. The van der Waals surface area contributed by atoms with Crippen LogP contribution in [0.1, 0.15) is 66.9 Å². The number of anilines is 1. The molecule has 0 spiro atoms. The number of nitrogens with zero attached hydrogens (tertiary/aromatic N) is 2. The van der Waals surface area contributed by atoms with Gasteiger partial charge in [-0.1, -0.05) is 54.1 Å². The van der Waals surface area contributed by atoms with E-state index >= 15 is 0 Å². The summed E-state index contributed by atoms with van der Waals surface area (Å²) in [5, 5.41) is 12.1. The van der Waals surface area contributed by atoms with Gasteiger partial charge in [-0.3, -0.25) is 9.59 Å². The Morgan fingerprint density at radius 3 is 2.02 bits per heavy atom. The van der Waals surface area contributed by atoms with Crippen molar-refractivity contribution in [1.82, 2.24) is 4.90 Å². The fourth-order valence-corrected chi connectivity index (χ4v) is 6.37. The van der Waals surface area contributed by atoms with E-state index in [-0.39, 0.29) is 17.9 Å². The molecule has 6 rings (SSSR count). The number of amides is 2. The molecule has 7 nitrogen and oxygen atoms in total. The Hall–Kier alpha value is -5.87. The SMILES string of the molecule is Cc1ccc(C(=O)N2CCC(Oc3ccc(COc4ccc(-c5cc(C)c(C(=O)Nc6ccc(C#N)cc6C)c(C)c5)cc4)cc3)CC2)cc1. The lowest BCUT2D eigenvalue weighted by molar-refractivity contribution is 0.0595. The van der Waals surface area contributed by atoms with Crippen LogP contribution in [-0.4, -0.2) is 35.9 Å². The summed E-state index contributed by atoms with van der Waals surface area (Å²) in [5.74, 6) is 1.50. The first-order valence-corrected chi connectivity index (χ1v) is 16.9. The van der Waals surface area contributed by atoms with Gasteiger partial charge in [0.15, 0.2) is 0 Å². The van der Waals surface area contributed by atoms with Crippen molar-refractivity contribution < 1.29 is 19.1 Å². The number of likely N-dealkylation sites (tertiary alicyclic amines) is 1. The monoisotopic (exact) mass is 663 g/mol. The van der Waals surface area contributed by atoms with Gasteiger partial charge < -0.3 is 19.7 Å². The minimum atomic E-state index is -0.171. The van der Waals surface area contributed by atoms with Gasteiger partial charge in [0.2, 0.25) is 0 Å². The van der Waals surface area contributed by atoms with E-state index in [9.17, 15) is 9.59 Å². The van der Waals surface area contributed by atoms with Crippen LogP contribution < -0.4 is 14.8 Å². The molecule has 5 aromatic carbocycles. The van der Waals surface area contributed by atoms with Crippen LogP contribution in [0.4, 0.5) is 5.69 Å². The third kappa shape index (κ3) is 8.04. The van der Waals surface area contributed by atoms with Crippen LogP contribution in [-0.2, 0) is 6.61 Å². The zero-order valence-corrected chi connectivity index (χ0v) is 29.0. The zero-order chi connectivity index (χ0) is 35.2. The second-order valence-corrected chi connectivity index (χ2v) is 13.0. The Morgan fingerprint density at radius 1 is 0.760 bits per heavy atom. The average molecular weight is 664 g/mol. The molecule has 0 aromatic heterocycles. The number of nitriles is 1. The van der Waals surface area contributed by atoms with Crippen molar-refractivity contribution in [3.63, 3.8) is 0 Å². The standard InChI is InChI=1S/C43H41N3O4/c1-28-5-10-35(11-6-28)43(48)46-21-19-39(20-22-46)50-38-14-7-32(8-15-38)27-49-37-16-12-34(13-17-37)36-24-30(3)41(31(4)25-36)42(47)45-40-18-9-33(26-44)23-29(40)2/h5-18,23-25,39H,19-22,27H2,1-4H3,(H,45,47). The molecule has 0 radical (unpaired) electrons. The maximum Gasteiger partial charge on any atom is 0.256 e. The quantitative estimate of drug-likeness (QED) is 0.170. The molecule has 252 valence electrons. The first kappa shape index (κ1) is 34.0. The fraction of sp³-hybridized carbons (Fsp3) is 0.233. The largest absolute Gasteiger partial charge is 0.490 e. The molecule has 0 aliphatic carbocycles. The molecule has 50 heavy (non-hydrogen) atoms. The normalized spacial score (nSPS) is 13.0. The molecule has 1 aliphatic rings. The van der Waals surface area contributed by atoms with Gasteiger partial charge in [0.25, 0.3) is 11.8 Å². The van der Waals surface area contributed by atoms with E-state index in [4.69, 9.17) is 14.7 Å². The van der Waals surface area contributed by atoms with Crippen molar-refractivity contribution in [3.8, 4) is 28.7 Å². The first-order chi connectivity index (χ1) is 24.2. The van der Waals surface area contributed by atoms with Gasteiger partial charge in [-0.25, -0.2) is 0 Å². The van der Waals surface area contributed by atoms with E-state index in [0.29, 0.717) is 36.5 Å². The predicted molar refractivity (Wildman–Crippen MR) is 197 cm³/mol. The van der Waals surface area contributed by atoms with Crippen LogP contribution in [0, 0.1) is 39.0 Å². The summed E-state index contributed by atoms with van der Waals surface area (Å²) in [4.78, 5) is 28.0.